The zero-order chi connectivity index (χ0) is 41.1. The van der Waals surface area contributed by atoms with E-state index < -0.39 is 35.5 Å². The van der Waals surface area contributed by atoms with Crippen LogP contribution >= 0.6 is 0 Å². The lowest BCUT2D eigenvalue weighted by atomic mass is 9.88. The molecule has 1 saturated heterocycles. The van der Waals surface area contributed by atoms with Gasteiger partial charge in [0.05, 0.1) is 24.2 Å². The van der Waals surface area contributed by atoms with Crippen LogP contribution in [-0.2, 0) is 46.9 Å². The van der Waals surface area contributed by atoms with Gasteiger partial charge >= 0.3 is 6.09 Å². The molecule has 0 radical (unpaired) electrons. The van der Waals surface area contributed by atoms with Gasteiger partial charge in [-0.2, -0.15) is 0 Å². The number of ketones is 1. The van der Waals surface area contributed by atoms with Crippen LogP contribution in [0.5, 0.6) is 0 Å². The van der Waals surface area contributed by atoms with Crippen LogP contribution in [0.4, 0.5) is 4.79 Å². The van der Waals surface area contributed by atoms with E-state index in [1.54, 1.807) is 4.90 Å². The molecule has 58 heavy (non-hydrogen) atoms. The standard InChI is InChI=1S/C51H61N3O4/c1-39(2)32-45(52(34-41-24-14-8-15-25-41)35-42-26-16-9-17-27-42)47(55)48(58-49(56)54-50(3,4)38-57-51(54,5)6)46(33-40-22-12-7-13-23-40)53(36-43-28-18-10-19-29-43)37-44-30-20-11-21-31-44/h7-31,39,45-46,48H,32-38H2,1-6H3/t45-,46-,48-/m0/s1. The van der Waals surface area contributed by atoms with E-state index in [0.717, 1.165) is 27.8 Å². The van der Waals surface area contributed by atoms with Gasteiger partial charge in [-0.1, -0.05) is 166 Å². The van der Waals surface area contributed by atoms with Gasteiger partial charge in [0.1, 0.15) is 5.72 Å². The summed E-state index contributed by atoms with van der Waals surface area (Å²) < 4.78 is 13.0. The molecule has 6 rings (SSSR count). The first-order valence-electron chi connectivity index (χ1n) is 20.8. The molecule has 0 bridgehead atoms. The van der Waals surface area contributed by atoms with Gasteiger partial charge in [-0.25, -0.2) is 4.79 Å². The summed E-state index contributed by atoms with van der Waals surface area (Å²) in [7, 11) is 0. The average Bonchev–Trinajstić information content (AvgIpc) is 3.45. The number of Topliss-reactive ketones (excluding diaryl/α,β-unsaturated/α-hetero) is 1. The molecule has 0 aromatic heterocycles. The molecule has 1 aliphatic heterocycles. The number of carbonyl (C=O) groups is 2. The first kappa shape index (κ1) is 42.5. The Labute approximate surface area is 346 Å². The predicted octanol–water partition coefficient (Wildman–Crippen LogP) is 10.3. The highest BCUT2D eigenvalue weighted by atomic mass is 16.6. The number of rotatable bonds is 18. The summed E-state index contributed by atoms with van der Waals surface area (Å²) in [4.78, 5) is 37.4. The largest absolute Gasteiger partial charge is 0.436 e. The Hall–Kier alpha value is -5.08. The fraction of sp³-hybridized carbons (Fsp3) is 0.373. The minimum atomic E-state index is -1.13. The topological polar surface area (TPSA) is 62.3 Å². The van der Waals surface area contributed by atoms with Crippen LogP contribution in [0.1, 0.15) is 75.8 Å². The molecule has 0 aliphatic carbocycles. The molecule has 0 N–H and O–H groups in total. The molecule has 1 aliphatic rings. The van der Waals surface area contributed by atoms with Crippen molar-refractivity contribution in [2.45, 2.75) is 110 Å². The zero-order valence-corrected chi connectivity index (χ0v) is 35.2. The Morgan fingerprint density at radius 2 is 0.983 bits per heavy atom. The zero-order valence-electron chi connectivity index (χ0n) is 35.2. The van der Waals surface area contributed by atoms with Crippen molar-refractivity contribution in [3.05, 3.63) is 179 Å². The molecule has 304 valence electrons. The van der Waals surface area contributed by atoms with Crippen LogP contribution < -0.4 is 0 Å². The number of ether oxygens (including phenoxy) is 2. The van der Waals surface area contributed by atoms with Crippen molar-refractivity contribution in [3.63, 3.8) is 0 Å². The molecule has 5 aromatic rings. The molecule has 1 fully saturated rings. The van der Waals surface area contributed by atoms with Crippen LogP contribution in [0.3, 0.4) is 0 Å². The minimum absolute atomic E-state index is 0.100. The van der Waals surface area contributed by atoms with E-state index in [1.807, 2.05) is 119 Å². The number of amides is 1. The second kappa shape index (κ2) is 19.6. The third kappa shape index (κ3) is 11.3. The Bertz CT molecular complexity index is 1910. The van der Waals surface area contributed by atoms with E-state index in [2.05, 4.69) is 84.3 Å². The quantitative estimate of drug-likeness (QED) is 0.0883. The van der Waals surface area contributed by atoms with Gasteiger partial charge in [0.25, 0.3) is 0 Å². The van der Waals surface area contributed by atoms with Crippen molar-refractivity contribution in [2.24, 2.45) is 5.92 Å². The first-order valence-corrected chi connectivity index (χ1v) is 20.8. The predicted molar refractivity (Wildman–Crippen MR) is 233 cm³/mol. The second-order valence-electron chi connectivity index (χ2n) is 17.2. The van der Waals surface area contributed by atoms with Crippen LogP contribution in [0.15, 0.2) is 152 Å². The van der Waals surface area contributed by atoms with E-state index >= 15 is 4.79 Å². The molecule has 7 heteroatoms. The highest BCUT2D eigenvalue weighted by Crippen LogP contribution is 2.36. The smallest absolute Gasteiger partial charge is 0.413 e. The number of benzene rings is 5. The number of nitrogens with zero attached hydrogens (tertiary/aromatic N) is 3. The lowest BCUT2D eigenvalue weighted by Gasteiger charge is -2.42. The van der Waals surface area contributed by atoms with E-state index in [-0.39, 0.29) is 11.7 Å². The van der Waals surface area contributed by atoms with Gasteiger partial charge in [-0.05, 0) is 74.3 Å². The lowest BCUT2D eigenvalue weighted by Crippen LogP contribution is -2.59. The number of carbonyl (C=O) groups excluding carboxylic acids is 2. The van der Waals surface area contributed by atoms with Crippen LogP contribution in [0, 0.1) is 5.92 Å². The molecular formula is C51H61N3O4. The summed E-state index contributed by atoms with van der Waals surface area (Å²) in [5.41, 5.74) is 3.92. The fourth-order valence-corrected chi connectivity index (χ4v) is 8.37. The van der Waals surface area contributed by atoms with Gasteiger partial charge in [-0.15, -0.1) is 0 Å². The summed E-state index contributed by atoms with van der Waals surface area (Å²) in [5, 5.41) is 0. The van der Waals surface area contributed by atoms with E-state index in [4.69, 9.17) is 9.47 Å². The normalized spacial score (nSPS) is 16.3. The van der Waals surface area contributed by atoms with Gasteiger partial charge in [0, 0.05) is 26.2 Å². The van der Waals surface area contributed by atoms with Crippen LogP contribution in [-0.4, -0.2) is 62.6 Å². The Kier molecular flexibility index (Phi) is 14.4. The highest BCUT2D eigenvalue weighted by Gasteiger charge is 2.52. The number of hydrogen-bond acceptors (Lipinski definition) is 6. The molecule has 0 unspecified atom stereocenters. The Morgan fingerprint density at radius 3 is 1.34 bits per heavy atom. The average molecular weight is 780 g/mol. The summed E-state index contributed by atoms with van der Waals surface area (Å²) in [6.45, 7) is 14.6. The molecule has 1 amide bonds. The van der Waals surface area contributed by atoms with E-state index in [0.29, 0.717) is 45.6 Å². The lowest BCUT2D eigenvalue weighted by molar-refractivity contribution is -0.141. The van der Waals surface area contributed by atoms with Crippen molar-refractivity contribution >= 4 is 11.9 Å². The van der Waals surface area contributed by atoms with Gasteiger partial charge in [-0.3, -0.25) is 19.5 Å². The van der Waals surface area contributed by atoms with E-state index in [9.17, 15) is 4.79 Å². The van der Waals surface area contributed by atoms with Gasteiger partial charge in [0.2, 0.25) is 0 Å². The monoisotopic (exact) mass is 779 g/mol. The second-order valence-corrected chi connectivity index (χ2v) is 17.2. The summed E-state index contributed by atoms with van der Waals surface area (Å²) in [5.74, 6) is 0.0817. The van der Waals surface area contributed by atoms with Crippen molar-refractivity contribution in [2.75, 3.05) is 6.61 Å². The molecular weight excluding hydrogens is 719 g/mol. The molecule has 7 nitrogen and oxygen atoms in total. The third-order valence-electron chi connectivity index (χ3n) is 11.1. The van der Waals surface area contributed by atoms with Crippen molar-refractivity contribution < 1.29 is 19.1 Å². The summed E-state index contributed by atoms with van der Waals surface area (Å²) >= 11 is 0. The van der Waals surface area contributed by atoms with Crippen LogP contribution in [0.2, 0.25) is 0 Å². The fourth-order valence-electron chi connectivity index (χ4n) is 8.37. The third-order valence-corrected chi connectivity index (χ3v) is 11.1. The van der Waals surface area contributed by atoms with Crippen molar-refractivity contribution in [3.8, 4) is 0 Å². The Balaban J connectivity index is 1.52. The van der Waals surface area contributed by atoms with E-state index in [1.165, 1.54) is 0 Å². The van der Waals surface area contributed by atoms with Crippen molar-refractivity contribution in [1.82, 2.24) is 14.7 Å². The maximum atomic E-state index is 16.1. The van der Waals surface area contributed by atoms with Crippen LogP contribution in [0.25, 0.3) is 0 Å². The maximum Gasteiger partial charge on any atom is 0.413 e. The van der Waals surface area contributed by atoms with Crippen molar-refractivity contribution in [1.29, 1.82) is 0 Å². The molecule has 5 aromatic carbocycles. The molecule has 3 atom stereocenters. The summed E-state index contributed by atoms with van der Waals surface area (Å²) in [6, 6.07) is 50.6. The summed E-state index contributed by atoms with van der Waals surface area (Å²) in [6.07, 6.45) is -0.611. The minimum Gasteiger partial charge on any atom is -0.436 e. The molecule has 1 heterocycles. The SMILES string of the molecule is CC(C)C[C@@H](C(=O)[C@@H](OC(=O)N1C(C)(C)COC1(C)C)[C@H](Cc1ccccc1)N(Cc1ccccc1)Cc1ccccc1)N(Cc1ccccc1)Cc1ccccc1. The van der Waals surface area contributed by atoms with Gasteiger partial charge < -0.3 is 9.47 Å². The molecule has 0 spiro atoms. The van der Waals surface area contributed by atoms with Gasteiger partial charge in [0.15, 0.2) is 11.9 Å². The number of hydrogen-bond donors (Lipinski definition) is 0. The molecule has 0 saturated carbocycles. The Morgan fingerprint density at radius 1 is 0.603 bits per heavy atom. The maximum absolute atomic E-state index is 16.1. The first-order chi connectivity index (χ1) is 27.9. The highest BCUT2D eigenvalue weighted by molar-refractivity contribution is 5.91.